The van der Waals surface area contributed by atoms with Gasteiger partial charge >= 0.3 is 5.97 Å². The van der Waals surface area contributed by atoms with Gasteiger partial charge in [0.25, 0.3) is 5.56 Å². The zero-order valence-corrected chi connectivity index (χ0v) is 16.7. The lowest BCUT2D eigenvalue weighted by Crippen LogP contribution is -2.19. The maximum absolute atomic E-state index is 12.4. The Kier molecular flexibility index (Phi) is 4.59. The monoisotopic (exact) mass is 413 g/mol. The van der Waals surface area contributed by atoms with Crippen molar-refractivity contribution in [1.82, 2.24) is 24.7 Å². The van der Waals surface area contributed by atoms with E-state index in [1.165, 1.54) is 7.11 Å². The lowest BCUT2D eigenvalue weighted by molar-refractivity contribution is 0.0600. The number of fused-ring (bicyclic) bond motifs is 2. The predicted octanol–water partition coefficient (Wildman–Crippen LogP) is 3.17. The molecule has 3 aromatic rings. The molecule has 0 amide bonds. The first-order valence-corrected chi connectivity index (χ1v) is 9.81. The number of ether oxygens (including phenoxy) is 1. The number of aromatic nitrogens is 5. The number of benzene rings is 2. The molecule has 8 heteroatoms. The van der Waals surface area contributed by atoms with Gasteiger partial charge in [0.05, 0.1) is 29.7 Å². The van der Waals surface area contributed by atoms with Crippen molar-refractivity contribution >= 4 is 17.0 Å². The van der Waals surface area contributed by atoms with E-state index in [9.17, 15) is 9.59 Å². The number of esters is 1. The molecule has 0 saturated carbocycles. The molecule has 0 fully saturated rings. The molecule has 2 aliphatic rings. The van der Waals surface area contributed by atoms with Gasteiger partial charge in [-0.15, -0.1) is 0 Å². The van der Waals surface area contributed by atoms with Gasteiger partial charge in [-0.3, -0.25) is 4.79 Å². The quantitative estimate of drug-likeness (QED) is 0.431. The minimum absolute atomic E-state index is 0.215. The highest BCUT2D eigenvalue weighted by atomic mass is 16.5. The molecule has 2 aliphatic heterocycles. The number of hydrogen-bond donors (Lipinski definition) is 2. The van der Waals surface area contributed by atoms with Crippen LogP contribution in [0.4, 0.5) is 0 Å². The normalized spacial score (nSPS) is 12.3. The molecule has 0 unspecified atom stereocenters. The van der Waals surface area contributed by atoms with Gasteiger partial charge in [0.2, 0.25) is 0 Å². The van der Waals surface area contributed by atoms with Crippen molar-refractivity contribution in [1.29, 1.82) is 0 Å². The van der Waals surface area contributed by atoms with Gasteiger partial charge in [0, 0.05) is 18.8 Å². The Hall–Kier alpha value is -4.20. The molecule has 5 rings (SSSR count). The van der Waals surface area contributed by atoms with Gasteiger partial charge in [-0.25, -0.2) is 14.9 Å². The number of nitrogens with zero attached hydrogens (tertiary/aromatic N) is 3. The first-order valence-electron chi connectivity index (χ1n) is 9.81. The van der Waals surface area contributed by atoms with Gasteiger partial charge in [-0.2, -0.15) is 5.10 Å². The molecule has 2 N–H and O–H groups in total. The SMILES string of the molecule is COC(=O)c1cn([C@H](Cc2ccccc2)c2nc3ccccc3[nH]2)cc2c(=O)[nH]nc1-2. The minimum Gasteiger partial charge on any atom is -0.465 e. The zero-order chi connectivity index (χ0) is 21.4. The van der Waals surface area contributed by atoms with Crippen molar-refractivity contribution in [3.8, 4) is 11.3 Å². The highest BCUT2D eigenvalue weighted by molar-refractivity contribution is 5.96. The number of pyridine rings is 1. The Labute approximate surface area is 176 Å². The topological polar surface area (TPSA) is 106 Å². The summed E-state index contributed by atoms with van der Waals surface area (Å²) in [5.41, 5.74) is 3.31. The maximum atomic E-state index is 12.4. The fraction of sp³-hybridized carbons (Fsp3) is 0.130. The Morgan fingerprint density at radius 3 is 2.65 bits per heavy atom. The van der Waals surface area contributed by atoms with Crippen LogP contribution in [0.3, 0.4) is 0 Å². The summed E-state index contributed by atoms with van der Waals surface area (Å²) >= 11 is 0. The number of rotatable bonds is 5. The van der Waals surface area contributed by atoms with Crippen LogP contribution in [0, 0.1) is 0 Å². The maximum Gasteiger partial charge on any atom is 0.341 e. The highest BCUT2D eigenvalue weighted by Gasteiger charge is 2.26. The van der Waals surface area contributed by atoms with E-state index in [0.717, 1.165) is 22.4 Å². The van der Waals surface area contributed by atoms with Crippen molar-refractivity contribution in [2.45, 2.75) is 12.5 Å². The average Bonchev–Trinajstić information content (AvgIpc) is 3.40. The van der Waals surface area contributed by atoms with E-state index in [-0.39, 0.29) is 22.9 Å². The van der Waals surface area contributed by atoms with E-state index in [2.05, 4.69) is 15.2 Å². The fourth-order valence-electron chi connectivity index (χ4n) is 3.81. The summed E-state index contributed by atoms with van der Waals surface area (Å²) in [6, 6.07) is 17.5. The second kappa shape index (κ2) is 7.56. The van der Waals surface area contributed by atoms with Crippen LogP contribution in [0.5, 0.6) is 0 Å². The largest absolute Gasteiger partial charge is 0.465 e. The molecule has 3 heterocycles. The smallest absolute Gasteiger partial charge is 0.341 e. The predicted molar refractivity (Wildman–Crippen MR) is 115 cm³/mol. The van der Waals surface area contributed by atoms with Gasteiger partial charge in [0.1, 0.15) is 17.1 Å². The summed E-state index contributed by atoms with van der Waals surface area (Å²) in [5, 5.41) is 6.43. The van der Waals surface area contributed by atoms with Crippen LogP contribution in [0.2, 0.25) is 0 Å². The lowest BCUT2D eigenvalue weighted by Gasteiger charge is -2.21. The molecule has 1 atom stereocenters. The number of H-pyrrole nitrogens is 2. The molecule has 0 radical (unpaired) electrons. The number of aromatic amines is 2. The number of methoxy groups -OCH3 is 1. The lowest BCUT2D eigenvalue weighted by atomic mass is 10.0. The summed E-state index contributed by atoms with van der Waals surface area (Å²) in [7, 11) is 1.30. The molecule has 1 aromatic heterocycles. The van der Waals surface area contributed by atoms with Crippen molar-refractivity contribution in [3.63, 3.8) is 0 Å². The zero-order valence-electron chi connectivity index (χ0n) is 16.7. The third kappa shape index (κ3) is 3.38. The number of carbonyl (C=O) groups is 1. The summed E-state index contributed by atoms with van der Waals surface area (Å²) in [6.07, 6.45) is 3.97. The number of nitrogens with one attached hydrogen (secondary N) is 2. The molecule has 0 aliphatic carbocycles. The molecule has 0 saturated heterocycles. The Morgan fingerprint density at radius 2 is 1.87 bits per heavy atom. The van der Waals surface area contributed by atoms with Gasteiger partial charge in [0.15, 0.2) is 0 Å². The van der Waals surface area contributed by atoms with Gasteiger partial charge in [-0.1, -0.05) is 42.5 Å². The number of para-hydroxylation sites is 2. The van der Waals surface area contributed by atoms with Crippen LogP contribution in [0.25, 0.3) is 22.3 Å². The average molecular weight is 413 g/mol. The van der Waals surface area contributed by atoms with Crippen LogP contribution in [0.1, 0.15) is 27.8 Å². The second-order valence-corrected chi connectivity index (χ2v) is 7.27. The Bertz CT molecular complexity index is 1370. The number of hydrogen-bond acceptors (Lipinski definition) is 5. The highest BCUT2D eigenvalue weighted by Crippen LogP contribution is 2.28. The minimum atomic E-state index is -0.561. The van der Waals surface area contributed by atoms with E-state index in [1.807, 2.05) is 59.2 Å². The summed E-state index contributed by atoms with van der Waals surface area (Å²) in [6.45, 7) is 0. The van der Waals surface area contributed by atoms with Crippen LogP contribution in [0.15, 0.2) is 71.8 Å². The van der Waals surface area contributed by atoms with E-state index < -0.39 is 5.97 Å². The van der Waals surface area contributed by atoms with E-state index in [1.54, 1.807) is 12.4 Å². The van der Waals surface area contributed by atoms with Crippen molar-refractivity contribution in [2.24, 2.45) is 0 Å². The number of carbonyl (C=O) groups excluding carboxylic acids is 1. The van der Waals surface area contributed by atoms with Crippen LogP contribution in [-0.4, -0.2) is 37.8 Å². The molecular weight excluding hydrogens is 394 g/mol. The molecule has 31 heavy (non-hydrogen) atoms. The van der Waals surface area contributed by atoms with Gasteiger partial charge < -0.3 is 14.3 Å². The van der Waals surface area contributed by atoms with Crippen LogP contribution >= 0.6 is 0 Å². The summed E-state index contributed by atoms with van der Waals surface area (Å²) in [5.74, 6) is 0.162. The number of imidazole rings is 1. The van der Waals surface area contributed by atoms with E-state index in [4.69, 9.17) is 9.72 Å². The van der Waals surface area contributed by atoms with Crippen molar-refractivity contribution in [2.75, 3.05) is 7.11 Å². The second-order valence-electron chi connectivity index (χ2n) is 7.27. The van der Waals surface area contributed by atoms with E-state index >= 15 is 0 Å². The fourth-order valence-corrected chi connectivity index (χ4v) is 3.81. The standard InChI is InChI=1S/C23H19N5O3/c1-31-23(30)16-13-28(12-15-20(16)26-27-22(15)29)19(11-14-7-3-2-4-8-14)21-24-17-9-5-6-10-18(17)25-21/h2-10,12-13,19H,11H2,1H3,(H,24,25)(H,27,29)/t19-/m1/s1. The Morgan fingerprint density at radius 1 is 1.10 bits per heavy atom. The first kappa shape index (κ1) is 18.8. The molecule has 154 valence electrons. The molecule has 2 aromatic carbocycles. The van der Waals surface area contributed by atoms with E-state index in [0.29, 0.717) is 12.0 Å². The first-order chi connectivity index (χ1) is 15.1. The summed E-state index contributed by atoms with van der Waals surface area (Å²) < 4.78 is 6.76. The van der Waals surface area contributed by atoms with Crippen LogP contribution in [-0.2, 0) is 11.2 Å². The summed E-state index contributed by atoms with van der Waals surface area (Å²) in [4.78, 5) is 32.9. The molecular formula is C23H19N5O3. The Balaban J connectivity index is 1.71. The van der Waals surface area contributed by atoms with Gasteiger partial charge in [-0.05, 0) is 17.7 Å². The third-order valence-electron chi connectivity index (χ3n) is 5.34. The van der Waals surface area contributed by atoms with Crippen LogP contribution < -0.4 is 5.56 Å². The molecule has 8 nitrogen and oxygen atoms in total. The van der Waals surface area contributed by atoms with Crippen molar-refractivity contribution in [3.05, 3.63) is 94.3 Å². The third-order valence-corrected chi connectivity index (χ3v) is 5.34. The molecule has 0 spiro atoms. The molecule has 0 bridgehead atoms. The van der Waals surface area contributed by atoms with Crippen molar-refractivity contribution < 1.29 is 9.53 Å².